The molecule has 2 atom stereocenters. The van der Waals surface area contributed by atoms with E-state index >= 15 is 0 Å². The summed E-state index contributed by atoms with van der Waals surface area (Å²) in [7, 11) is 3.87. The van der Waals surface area contributed by atoms with Gasteiger partial charge in [0.1, 0.15) is 0 Å². The van der Waals surface area contributed by atoms with Gasteiger partial charge in [0.25, 0.3) is 5.91 Å². The van der Waals surface area contributed by atoms with Gasteiger partial charge in [0.05, 0.1) is 6.20 Å². The van der Waals surface area contributed by atoms with Crippen LogP contribution in [0.25, 0.3) is 0 Å². The topological polar surface area (TPSA) is 79.3 Å². The number of benzene rings is 1. The first kappa shape index (κ1) is 20.4. The molecule has 0 aliphatic carbocycles. The van der Waals surface area contributed by atoms with Gasteiger partial charge in [-0.15, -0.1) is 0 Å². The zero-order valence-electron chi connectivity index (χ0n) is 16.2. The highest BCUT2D eigenvalue weighted by atomic mass is 35.5. The van der Waals surface area contributed by atoms with Crippen molar-refractivity contribution < 1.29 is 9.59 Å². The molecule has 150 valence electrons. The van der Waals surface area contributed by atoms with E-state index in [9.17, 15) is 9.59 Å². The van der Waals surface area contributed by atoms with Crippen molar-refractivity contribution in [2.75, 3.05) is 13.6 Å². The molecule has 7 nitrogen and oxygen atoms in total. The molecule has 0 bridgehead atoms. The van der Waals surface area contributed by atoms with Gasteiger partial charge in [-0.05, 0) is 38.1 Å². The smallest absolute Gasteiger partial charge is 0.251 e. The molecule has 1 saturated heterocycles. The number of halogens is 1. The average Bonchev–Trinajstić information content (AvgIpc) is 3.24. The second-order valence-electron chi connectivity index (χ2n) is 7.27. The van der Waals surface area contributed by atoms with Crippen molar-refractivity contribution in [3.8, 4) is 0 Å². The Hall–Kier alpha value is -2.38. The van der Waals surface area contributed by atoms with Crippen LogP contribution in [0.4, 0.5) is 0 Å². The summed E-state index contributed by atoms with van der Waals surface area (Å²) >= 11 is 5.94. The molecular formula is C20H26ClN5O2. The summed E-state index contributed by atoms with van der Waals surface area (Å²) in [5.74, 6) is -0.0992. The minimum Gasteiger partial charge on any atom is -0.352 e. The van der Waals surface area contributed by atoms with E-state index in [-0.39, 0.29) is 23.9 Å². The van der Waals surface area contributed by atoms with Gasteiger partial charge >= 0.3 is 0 Å². The number of hydrogen-bond acceptors (Lipinski definition) is 4. The molecule has 1 aliphatic rings. The van der Waals surface area contributed by atoms with Crippen LogP contribution < -0.4 is 10.6 Å². The van der Waals surface area contributed by atoms with Crippen LogP contribution in [-0.4, -0.2) is 52.2 Å². The molecule has 1 aliphatic heterocycles. The molecule has 2 heterocycles. The molecule has 0 radical (unpaired) electrons. The fraction of sp³-hybridized carbons (Fsp3) is 0.450. The average molecular weight is 404 g/mol. The van der Waals surface area contributed by atoms with E-state index < -0.39 is 0 Å². The Morgan fingerprint density at radius 2 is 2.00 bits per heavy atom. The lowest BCUT2D eigenvalue weighted by Gasteiger charge is -2.25. The Morgan fingerprint density at radius 3 is 2.71 bits per heavy atom. The number of likely N-dealkylation sites (tertiary alicyclic amines) is 1. The van der Waals surface area contributed by atoms with Crippen LogP contribution in [0.5, 0.6) is 0 Å². The zero-order chi connectivity index (χ0) is 20.1. The number of hydrogen-bond donors (Lipinski definition) is 2. The molecule has 0 unspecified atom stereocenters. The summed E-state index contributed by atoms with van der Waals surface area (Å²) in [6.07, 6.45) is 5.98. The molecule has 0 saturated carbocycles. The Morgan fingerprint density at radius 1 is 1.21 bits per heavy atom. The van der Waals surface area contributed by atoms with Gasteiger partial charge in [-0.2, -0.15) is 5.10 Å². The number of nitrogens with zero attached hydrogens (tertiary/aromatic N) is 3. The van der Waals surface area contributed by atoms with E-state index in [0.717, 1.165) is 18.4 Å². The Kier molecular flexibility index (Phi) is 6.70. The van der Waals surface area contributed by atoms with Crippen LogP contribution >= 0.6 is 11.6 Å². The number of aryl methyl sites for hydroxylation is 1. The summed E-state index contributed by atoms with van der Waals surface area (Å²) in [4.78, 5) is 26.7. The maximum Gasteiger partial charge on any atom is 0.251 e. The normalized spacial score (nSPS) is 19.5. The maximum atomic E-state index is 12.3. The Labute approximate surface area is 170 Å². The minimum absolute atomic E-state index is 0.0318. The van der Waals surface area contributed by atoms with Crippen LogP contribution in [0.3, 0.4) is 0 Å². The molecule has 1 aromatic heterocycles. The predicted molar refractivity (Wildman–Crippen MR) is 108 cm³/mol. The van der Waals surface area contributed by atoms with E-state index in [2.05, 4.69) is 20.6 Å². The van der Waals surface area contributed by atoms with Gasteiger partial charge in [-0.3, -0.25) is 19.2 Å². The zero-order valence-corrected chi connectivity index (χ0v) is 16.9. The summed E-state index contributed by atoms with van der Waals surface area (Å²) in [6.45, 7) is 1.04. The van der Waals surface area contributed by atoms with Gasteiger partial charge < -0.3 is 10.6 Å². The van der Waals surface area contributed by atoms with Crippen LogP contribution in [0.15, 0.2) is 36.7 Å². The number of nitrogens with one attached hydrogen (secondary N) is 2. The molecule has 1 fully saturated rings. The van der Waals surface area contributed by atoms with Crippen molar-refractivity contribution in [3.05, 3.63) is 52.8 Å². The molecule has 2 N–H and O–H groups in total. The van der Waals surface area contributed by atoms with Gasteiger partial charge in [-0.1, -0.05) is 17.7 Å². The molecule has 2 aromatic rings. The Balaban J connectivity index is 1.43. The summed E-state index contributed by atoms with van der Waals surface area (Å²) in [5.41, 5.74) is 1.54. The predicted octanol–water partition coefficient (Wildman–Crippen LogP) is 1.97. The molecule has 3 rings (SSSR count). The van der Waals surface area contributed by atoms with Gasteiger partial charge in [0, 0.05) is 61.0 Å². The lowest BCUT2D eigenvalue weighted by Crippen LogP contribution is -2.42. The molecule has 2 amide bonds. The van der Waals surface area contributed by atoms with Crippen LogP contribution in [0.2, 0.25) is 5.02 Å². The van der Waals surface area contributed by atoms with Crippen LogP contribution in [-0.2, 0) is 18.4 Å². The second kappa shape index (κ2) is 9.21. The van der Waals surface area contributed by atoms with Crippen molar-refractivity contribution in [2.45, 2.75) is 37.9 Å². The highest BCUT2D eigenvalue weighted by molar-refractivity contribution is 6.30. The SMILES string of the molecule is CN1[C@@H](CC(=O)NCc2cnn(C)c2)CC[C@H]1CNC(=O)c1cccc(Cl)c1. The standard InChI is InChI=1S/C20H26ClN5O2/c1-25-13-14(11-24-25)10-22-19(27)9-17-6-7-18(26(17)2)12-23-20(28)15-4-3-5-16(21)8-15/h3-5,8,11,13,17-18H,6-7,9-10,12H2,1-2H3,(H,22,27)(H,23,28)/t17-,18+/m1/s1. The largest absolute Gasteiger partial charge is 0.352 e. The van der Waals surface area contributed by atoms with E-state index in [1.54, 1.807) is 35.1 Å². The molecule has 1 aromatic carbocycles. The first-order valence-electron chi connectivity index (χ1n) is 9.42. The van der Waals surface area contributed by atoms with Gasteiger partial charge in [0.15, 0.2) is 0 Å². The van der Waals surface area contributed by atoms with E-state index in [0.29, 0.717) is 30.1 Å². The van der Waals surface area contributed by atoms with Crippen molar-refractivity contribution in [2.24, 2.45) is 7.05 Å². The maximum absolute atomic E-state index is 12.3. The van der Waals surface area contributed by atoms with E-state index in [4.69, 9.17) is 11.6 Å². The van der Waals surface area contributed by atoms with Crippen molar-refractivity contribution >= 4 is 23.4 Å². The third-order valence-electron chi connectivity index (χ3n) is 5.24. The van der Waals surface area contributed by atoms with Gasteiger partial charge in [-0.25, -0.2) is 0 Å². The highest BCUT2D eigenvalue weighted by Crippen LogP contribution is 2.24. The molecule has 8 heteroatoms. The fourth-order valence-electron chi connectivity index (χ4n) is 3.57. The summed E-state index contributed by atoms with van der Waals surface area (Å²) in [5, 5.41) is 10.6. The Bertz CT molecular complexity index is 838. The third-order valence-corrected chi connectivity index (χ3v) is 5.47. The number of likely N-dealkylation sites (N-methyl/N-ethyl adjacent to an activating group) is 1. The first-order valence-corrected chi connectivity index (χ1v) is 9.80. The lowest BCUT2D eigenvalue weighted by molar-refractivity contribution is -0.122. The van der Waals surface area contributed by atoms with E-state index in [1.165, 1.54) is 0 Å². The van der Waals surface area contributed by atoms with Gasteiger partial charge in [0.2, 0.25) is 5.91 Å². The first-order chi connectivity index (χ1) is 13.4. The number of aromatic nitrogens is 2. The molecular weight excluding hydrogens is 378 g/mol. The quantitative estimate of drug-likeness (QED) is 0.740. The summed E-state index contributed by atoms with van der Waals surface area (Å²) < 4.78 is 1.72. The lowest BCUT2D eigenvalue weighted by atomic mass is 10.1. The third kappa shape index (κ3) is 5.33. The molecule has 0 spiro atoms. The number of carbonyl (C=O) groups is 2. The van der Waals surface area contributed by atoms with Crippen LogP contribution in [0.1, 0.15) is 35.2 Å². The minimum atomic E-state index is -0.131. The molecule has 28 heavy (non-hydrogen) atoms. The second-order valence-corrected chi connectivity index (χ2v) is 7.71. The number of carbonyl (C=O) groups excluding carboxylic acids is 2. The summed E-state index contributed by atoms with van der Waals surface area (Å²) in [6, 6.07) is 7.31. The van der Waals surface area contributed by atoms with Crippen LogP contribution in [0, 0.1) is 0 Å². The van der Waals surface area contributed by atoms with Crippen molar-refractivity contribution in [3.63, 3.8) is 0 Å². The van der Waals surface area contributed by atoms with E-state index in [1.807, 2.05) is 20.3 Å². The number of rotatable bonds is 7. The monoisotopic (exact) mass is 403 g/mol. The van der Waals surface area contributed by atoms with Crippen molar-refractivity contribution in [1.29, 1.82) is 0 Å². The number of amides is 2. The highest BCUT2D eigenvalue weighted by Gasteiger charge is 2.31. The fourth-order valence-corrected chi connectivity index (χ4v) is 3.76. The van der Waals surface area contributed by atoms with Crippen molar-refractivity contribution in [1.82, 2.24) is 25.3 Å².